The number of rotatable bonds is 2. The van der Waals surface area contributed by atoms with Gasteiger partial charge >= 0.3 is 0 Å². The molecule has 16 heavy (non-hydrogen) atoms. The molecule has 5 heteroatoms. The molecule has 2 heterocycles. The van der Waals surface area contributed by atoms with Gasteiger partial charge in [0.25, 0.3) is 0 Å². The minimum atomic E-state index is 0.112. The van der Waals surface area contributed by atoms with Gasteiger partial charge in [-0.25, -0.2) is 0 Å². The quantitative estimate of drug-likeness (QED) is 0.636. The number of aliphatic hydroxyl groups excluding tert-OH is 1. The van der Waals surface area contributed by atoms with Crippen LogP contribution in [-0.2, 0) is 0 Å². The molecule has 0 aromatic heterocycles. The molecule has 0 aromatic rings. The van der Waals surface area contributed by atoms with Gasteiger partial charge in [0, 0.05) is 40.3 Å². The Morgan fingerprint density at radius 2 is 1.94 bits per heavy atom. The molecule has 3 N–H and O–H groups in total. The van der Waals surface area contributed by atoms with Gasteiger partial charge in [0.1, 0.15) is 5.82 Å². The van der Waals surface area contributed by atoms with Crippen LogP contribution in [0.15, 0.2) is 11.5 Å². The standard InChI is InChI=1S/C11H22N4O/c1-13-4-3-9(12)10-11(13)14(2)5-6-15(10)7-8-16/h9,16H,3-8,12H2,1-2H3. The van der Waals surface area contributed by atoms with Crippen LogP contribution < -0.4 is 5.73 Å². The Bertz CT molecular complexity index is 286. The molecule has 1 atom stereocenters. The Labute approximate surface area is 97.1 Å². The van der Waals surface area contributed by atoms with Gasteiger partial charge < -0.3 is 25.5 Å². The van der Waals surface area contributed by atoms with Crippen molar-refractivity contribution in [3.8, 4) is 0 Å². The highest BCUT2D eigenvalue weighted by Gasteiger charge is 2.32. The van der Waals surface area contributed by atoms with Crippen LogP contribution in [0.25, 0.3) is 0 Å². The lowest BCUT2D eigenvalue weighted by atomic mass is 10.0. The summed E-state index contributed by atoms with van der Waals surface area (Å²) in [6.07, 6.45) is 0.991. The third kappa shape index (κ3) is 1.85. The molecule has 0 fully saturated rings. The normalized spacial score (nSPS) is 26.2. The van der Waals surface area contributed by atoms with Gasteiger partial charge in [-0.15, -0.1) is 0 Å². The molecule has 0 spiro atoms. The number of hydrogen-bond donors (Lipinski definition) is 2. The maximum Gasteiger partial charge on any atom is 0.125 e. The van der Waals surface area contributed by atoms with Gasteiger partial charge in [-0.1, -0.05) is 0 Å². The predicted molar refractivity (Wildman–Crippen MR) is 63.5 cm³/mol. The van der Waals surface area contributed by atoms with Crippen LogP contribution in [0.1, 0.15) is 6.42 Å². The van der Waals surface area contributed by atoms with Gasteiger partial charge in [-0.3, -0.25) is 0 Å². The number of β-amino-alcohol motifs (C(OH)–C–C–N with tert-alkyl or cyclic N) is 1. The Kier molecular flexibility index (Phi) is 3.25. The molecule has 0 aliphatic carbocycles. The van der Waals surface area contributed by atoms with Crippen molar-refractivity contribution in [3.63, 3.8) is 0 Å². The summed E-state index contributed by atoms with van der Waals surface area (Å²) in [5, 5.41) is 9.09. The lowest BCUT2D eigenvalue weighted by molar-refractivity contribution is 0.131. The fourth-order valence-corrected chi connectivity index (χ4v) is 2.65. The molecule has 92 valence electrons. The van der Waals surface area contributed by atoms with E-state index in [1.54, 1.807) is 0 Å². The topological polar surface area (TPSA) is 56.0 Å². The second-order valence-corrected chi connectivity index (χ2v) is 4.66. The Hall–Kier alpha value is -0.940. The maximum atomic E-state index is 9.09. The van der Waals surface area contributed by atoms with Crippen molar-refractivity contribution in [1.29, 1.82) is 0 Å². The van der Waals surface area contributed by atoms with Gasteiger partial charge in [0.15, 0.2) is 0 Å². The fraction of sp³-hybridized carbons (Fsp3) is 0.818. The summed E-state index contributed by atoms with van der Waals surface area (Å²) >= 11 is 0. The van der Waals surface area contributed by atoms with E-state index in [0.29, 0.717) is 6.54 Å². The van der Waals surface area contributed by atoms with E-state index in [9.17, 15) is 0 Å². The lowest BCUT2D eigenvalue weighted by Gasteiger charge is -2.47. The molecular weight excluding hydrogens is 204 g/mol. The zero-order chi connectivity index (χ0) is 11.7. The lowest BCUT2D eigenvalue weighted by Crippen LogP contribution is -2.53. The summed E-state index contributed by atoms with van der Waals surface area (Å²) in [5.41, 5.74) is 7.41. The summed E-state index contributed by atoms with van der Waals surface area (Å²) in [5.74, 6) is 1.23. The zero-order valence-electron chi connectivity index (χ0n) is 10.2. The summed E-state index contributed by atoms with van der Waals surface area (Å²) in [6.45, 7) is 3.84. The molecule has 0 amide bonds. The SMILES string of the molecule is CN1CCC(N)C2=C1N(C)CCN2CCO. The molecule has 2 rings (SSSR count). The van der Waals surface area contributed by atoms with Crippen LogP contribution >= 0.6 is 0 Å². The fourth-order valence-electron chi connectivity index (χ4n) is 2.65. The van der Waals surface area contributed by atoms with Crippen molar-refractivity contribution in [1.82, 2.24) is 14.7 Å². The molecule has 0 saturated heterocycles. The van der Waals surface area contributed by atoms with E-state index in [1.165, 1.54) is 11.5 Å². The Morgan fingerprint density at radius 3 is 2.62 bits per heavy atom. The van der Waals surface area contributed by atoms with Crippen LogP contribution in [0, 0.1) is 0 Å². The minimum Gasteiger partial charge on any atom is -0.395 e. The molecule has 0 aromatic carbocycles. The second-order valence-electron chi connectivity index (χ2n) is 4.66. The van der Waals surface area contributed by atoms with Crippen LogP contribution in [0.5, 0.6) is 0 Å². The highest BCUT2D eigenvalue weighted by Crippen LogP contribution is 2.28. The van der Waals surface area contributed by atoms with E-state index in [4.69, 9.17) is 10.8 Å². The van der Waals surface area contributed by atoms with Crippen molar-refractivity contribution < 1.29 is 5.11 Å². The molecule has 0 radical (unpaired) electrons. The van der Waals surface area contributed by atoms with Gasteiger partial charge in [-0.2, -0.15) is 0 Å². The molecule has 1 unspecified atom stereocenters. The molecule has 2 aliphatic rings. The Morgan fingerprint density at radius 1 is 1.25 bits per heavy atom. The van der Waals surface area contributed by atoms with E-state index in [1.807, 2.05) is 0 Å². The van der Waals surface area contributed by atoms with Crippen molar-refractivity contribution in [2.45, 2.75) is 12.5 Å². The number of hydrogen-bond acceptors (Lipinski definition) is 5. The summed E-state index contributed by atoms with van der Waals surface area (Å²) in [7, 11) is 4.22. The third-order valence-corrected chi connectivity index (χ3v) is 3.49. The molecular formula is C11H22N4O. The minimum absolute atomic E-state index is 0.112. The van der Waals surface area contributed by atoms with E-state index in [2.05, 4.69) is 28.8 Å². The summed E-state index contributed by atoms with van der Waals surface area (Å²) in [4.78, 5) is 6.76. The first-order valence-electron chi connectivity index (χ1n) is 5.93. The van der Waals surface area contributed by atoms with Gasteiger partial charge in [0.2, 0.25) is 0 Å². The van der Waals surface area contributed by atoms with E-state index in [0.717, 1.165) is 26.1 Å². The molecule has 5 nitrogen and oxygen atoms in total. The summed E-state index contributed by atoms with van der Waals surface area (Å²) in [6, 6.07) is 0.112. The average Bonchev–Trinajstić information content (AvgIpc) is 2.26. The van der Waals surface area contributed by atoms with E-state index in [-0.39, 0.29) is 12.6 Å². The van der Waals surface area contributed by atoms with Gasteiger partial charge in [0.05, 0.1) is 18.3 Å². The van der Waals surface area contributed by atoms with Crippen molar-refractivity contribution in [2.24, 2.45) is 5.73 Å². The predicted octanol–water partition coefficient (Wildman–Crippen LogP) is -0.942. The highest BCUT2D eigenvalue weighted by atomic mass is 16.3. The first-order chi connectivity index (χ1) is 7.65. The highest BCUT2D eigenvalue weighted by molar-refractivity contribution is 5.22. The molecule has 2 aliphatic heterocycles. The monoisotopic (exact) mass is 226 g/mol. The first kappa shape index (κ1) is 11.5. The third-order valence-electron chi connectivity index (χ3n) is 3.49. The second kappa shape index (κ2) is 4.51. The number of nitrogens with zero attached hydrogens (tertiary/aromatic N) is 3. The van der Waals surface area contributed by atoms with E-state index < -0.39 is 0 Å². The van der Waals surface area contributed by atoms with Crippen molar-refractivity contribution >= 4 is 0 Å². The Balaban J connectivity index is 2.33. The number of nitrogens with two attached hydrogens (primary N) is 1. The molecule has 0 bridgehead atoms. The average molecular weight is 226 g/mol. The molecule has 0 saturated carbocycles. The largest absolute Gasteiger partial charge is 0.395 e. The van der Waals surface area contributed by atoms with Crippen LogP contribution in [0.3, 0.4) is 0 Å². The van der Waals surface area contributed by atoms with Crippen LogP contribution in [0.2, 0.25) is 0 Å². The number of likely N-dealkylation sites (N-methyl/N-ethyl adjacent to an activating group) is 1. The van der Waals surface area contributed by atoms with Crippen molar-refractivity contribution in [2.75, 3.05) is 46.9 Å². The smallest absolute Gasteiger partial charge is 0.125 e. The van der Waals surface area contributed by atoms with Crippen molar-refractivity contribution in [3.05, 3.63) is 11.5 Å². The maximum absolute atomic E-state index is 9.09. The number of aliphatic hydroxyl groups is 1. The zero-order valence-corrected chi connectivity index (χ0v) is 10.2. The first-order valence-corrected chi connectivity index (χ1v) is 5.93. The summed E-state index contributed by atoms with van der Waals surface area (Å²) < 4.78 is 0. The van der Waals surface area contributed by atoms with Gasteiger partial charge in [-0.05, 0) is 6.42 Å². The van der Waals surface area contributed by atoms with Crippen LogP contribution in [-0.4, -0.2) is 72.7 Å². The van der Waals surface area contributed by atoms with E-state index >= 15 is 0 Å². The van der Waals surface area contributed by atoms with Crippen LogP contribution in [0.4, 0.5) is 0 Å².